The van der Waals surface area contributed by atoms with Crippen molar-refractivity contribution in [3.05, 3.63) is 134 Å². The van der Waals surface area contributed by atoms with Crippen molar-refractivity contribution in [1.82, 2.24) is 9.58 Å². The van der Waals surface area contributed by atoms with Crippen molar-refractivity contribution in [2.24, 2.45) is 0 Å². The van der Waals surface area contributed by atoms with Crippen molar-refractivity contribution >= 4 is 23.2 Å². The Balaban J connectivity index is 1.28. The standard InChI is InChI=1S/C35H24FN3O6S/c36-19-9-10-21-26(17-19)23-12-16-46-32(23)22-6-2-1-5-20(22)29(21)39-28-18-43-15-14-37(28)33(41)30-31(27(40)11-13-38(30)39)44-35-25-8-4-3-7-24(25)34(42)45-35/h1-13,16-17,28-29,35H,14-15,18H2. The number of benzene rings is 3. The summed E-state index contributed by atoms with van der Waals surface area (Å²) in [5, 5.41) is 4.02. The summed E-state index contributed by atoms with van der Waals surface area (Å²) >= 11 is 1.59. The van der Waals surface area contributed by atoms with Crippen molar-refractivity contribution < 1.29 is 28.2 Å². The number of pyridine rings is 1. The maximum Gasteiger partial charge on any atom is 0.342 e. The molecule has 1 aliphatic carbocycles. The average Bonchev–Trinajstić information content (AvgIpc) is 3.67. The molecule has 1 fully saturated rings. The Hall–Kier alpha value is -5.26. The van der Waals surface area contributed by atoms with Crippen LogP contribution in [0.25, 0.3) is 21.6 Å². The monoisotopic (exact) mass is 633 g/mol. The Morgan fingerprint density at radius 3 is 2.50 bits per heavy atom. The van der Waals surface area contributed by atoms with E-state index >= 15 is 0 Å². The van der Waals surface area contributed by atoms with Crippen LogP contribution in [-0.2, 0) is 9.47 Å². The third kappa shape index (κ3) is 3.85. The third-order valence-corrected chi connectivity index (χ3v) is 10.0. The van der Waals surface area contributed by atoms with Gasteiger partial charge in [-0.3, -0.25) is 19.3 Å². The Morgan fingerprint density at radius 2 is 1.63 bits per heavy atom. The number of hydrogen-bond donors (Lipinski definition) is 0. The summed E-state index contributed by atoms with van der Waals surface area (Å²) in [6.45, 7) is 0.803. The van der Waals surface area contributed by atoms with Crippen LogP contribution in [0.2, 0.25) is 0 Å². The second kappa shape index (κ2) is 10.1. The van der Waals surface area contributed by atoms with Gasteiger partial charge in [-0.25, -0.2) is 9.18 Å². The van der Waals surface area contributed by atoms with Crippen LogP contribution in [0.1, 0.15) is 49.9 Å². The number of fused-ring (bicyclic) bond motifs is 8. The maximum atomic E-state index is 14.9. The Morgan fingerprint density at radius 1 is 0.848 bits per heavy atom. The molecule has 1 amide bonds. The number of ether oxygens (including phenoxy) is 3. The van der Waals surface area contributed by atoms with E-state index in [1.807, 2.05) is 34.7 Å². The van der Waals surface area contributed by atoms with Gasteiger partial charge in [0.1, 0.15) is 12.0 Å². The molecular formula is C35H24FN3O6S. The van der Waals surface area contributed by atoms with Crippen molar-refractivity contribution in [1.29, 1.82) is 0 Å². The highest BCUT2D eigenvalue weighted by molar-refractivity contribution is 7.14. The minimum Gasteiger partial charge on any atom is -0.444 e. The highest BCUT2D eigenvalue weighted by Crippen LogP contribution is 2.50. The largest absolute Gasteiger partial charge is 0.444 e. The van der Waals surface area contributed by atoms with Gasteiger partial charge in [0.05, 0.1) is 24.8 Å². The number of carbonyl (C=O) groups excluding carboxylic acids is 2. The Labute approximate surface area is 265 Å². The van der Waals surface area contributed by atoms with Crippen molar-refractivity contribution in [3.8, 4) is 27.3 Å². The van der Waals surface area contributed by atoms with E-state index in [2.05, 4.69) is 6.07 Å². The van der Waals surface area contributed by atoms with Gasteiger partial charge in [0.15, 0.2) is 5.69 Å². The van der Waals surface area contributed by atoms with E-state index in [-0.39, 0.29) is 30.4 Å². The molecule has 3 aromatic carbocycles. The van der Waals surface area contributed by atoms with Gasteiger partial charge in [0, 0.05) is 34.8 Å². The molecular weight excluding hydrogens is 609 g/mol. The lowest BCUT2D eigenvalue weighted by atomic mass is 9.92. The van der Waals surface area contributed by atoms with Gasteiger partial charge in [-0.15, -0.1) is 11.3 Å². The fraction of sp³-hybridized carbons (Fsp3) is 0.171. The smallest absolute Gasteiger partial charge is 0.342 e. The first-order valence-electron chi connectivity index (χ1n) is 14.9. The minimum absolute atomic E-state index is 0.00578. The fourth-order valence-electron chi connectivity index (χ4n) is 7.07. The summed E-state index contributed by atoms with van der Waals surface area (Å²) < 4.78 is 34.2. The lowest BCUT2D eigenvalue weighted by Gasteiger charge is -2.51. The van der Waals surface area contributed by atoms with Crippen LogP contribution in [0.4, 0.5) is 4.39 Å². The molecule has 46 heavy (non-hydrogen) atoms. The first kappa shape index (κ1) is 27.1. The molecule has 3 aliphatic heterocycles. The molecule has 0 spiro atoms. The predicted octanol–water partition coefficient (Wildman–Crippen LogP) is 5.48. The molecule has 0 bridgehead atoms. The number of cyclic esters (lactones) is 1. The van der Waals surface area contributed by atoms with E-state index in [4.69, 9.17) is 14.2 Å². The molecule has 9 nitrogen and oxygen atoms in total. The van der Waals surface area contributed by atoms with Gasteiger partial charge >= 0.3 is 5.97 Å². The second-order valence-corrected chi connectivity index (χ2v) is 12.4. The molecule has 0 saturated carbocycles. The molecule has 228 valence electrons. The number of morpholine rings is 1. The minimum atomic E-state index is -1.20. The van der Waals surface area contributed by atoms with E-state index in [0.717, 1.165) is 32.7 Å². The first-order chi connectivity index (χ1) is 22.5. The van der Waals surface area contributed by atoms with Crippen LogP contribution in [0, 0.1) is 5.82 Å². The number of nitrogens with zero attached hydrogens (tertiary/aromatic N) is 3. The van der Waals surface area contributed by atoms with E-state index in [1.54, 1.807) is 63.5 Å². The zero-order valence-corrected chi connectivity index (χ0v) is 24.9. The number of halogens is 1. The summed E-state index contributed by atoms with van der Waals surface area (Å²) in [5.41, 5.74) is 4.71. The number of rotatable bonds is 3. The highest BCUT2D eigenvalue weighted by atomic mass is 32.1. The fourth-order valence-corrected chi connectivity index (χ4v) is 8.02. The van der Waals surface area contributed by atoms with Gasteiger partial charge in [-0.2, -0.15) is 0 Å². The molecule has 3 unspecified atom stereocenters. The van der Waals surface area contributed by atoms with E-state index in [0.29, 0.717) is 17.7 Å². The SMILES string of the molecule is O=C1OC(Oc2c3n(ccc2=O)N(C2c4ccc(F)cc4-c4ccsc4-c4ccccc42)C2COCCN2C3=O)c2ccccc21. The van der Waals surface area contributed by atoms with Crippen LogP contribution >= 0.6 is 11.3 Å². The average molecular weight is 634 g/mol. The van der Waals surface area contributed by atoms with Gasteiger partial charge in [-0.05, 0) is 51.9 Å². The number of carbonyl (C=O) groups is 2. The Bertz CT molecular complexity index is 2160. The molecule has 0 radical (unpaired) electrons. The maximum absolute atomic E-state index is 14.9. The molecule has 9 rings (SSSR count). The van der Waals surface area contributed by atoms with Gasteiger partial charge in [0.2, 0.25) is 11.2 Å². The summed E-state index contributed by atoms with van der Waals surface area (Å²) in [5.74, 6) is -1.56. The lowest BCUT2D eigenvalue weighted by Crippen LogP contribution is -2.66. The third-order valence-electron chi connectivity index (χ3n) is 9.06. The molecule has 3 atom stereocenters. The topological polar surface area (TPSA) is 90.3 Å². The van der Waals surface area contributed by atoms with Crippen LogP contribution in [-0.4, -0.2) is 47.4 Å². The molecule has 5 heterocycles. The van der Waals surface area contributed by atoms with Gasteiger partial charge in [0.25, 0.3) is 12.2 Å². The number of hydrogen-bond acceptors (Lipinski definition) is 8. The van der Waals surface area contributed by atoms with Crippen LogP contribution in [0.15, 0.2) is 95.2 Å². The lowest BCUT2D eigenvalue weighted by molar-refractivity contribution is -0.0417. The summed E-state index contributed by atoms with van der Waals surface area (Å²) in [6.07, 6.45) is -0.207. The zero-order chi connectivity index (χ0) is 31.1. The highest BCUT2D eigenvalue weighted by Gasteiger charge is 2.47. The number of esters is 1. The second-order valence-electron chi connectivity index (χ2n) is 11.5. The first-order valence-corrected chi connectivity index (χ1v) is 15.7. The molecule has 0 N–H and O–H groups in total. The van der Waals surface area contributed by atoms with Crippen LogP contribution in [0.5, 0.6) is 5.75 Å². The quantitative estimate of drug-likeness (QED) is 0.243. The number of aromatic nitrogens is 1. The van der Waals surface area contributed by atoms with E-state index < -0.39 is 35.8 Å². The summed E-state index contributed by atoms with van der Waals surface area (Å²) in [7, 11) is 0. The van der Waals surface area contributed by atoms with Gasteiger partial charge in [-0.1, -0.05) is 48.5 Å². The summed E-state index contributed by atoms with van der Waals surface area (Å²) in [6, 6.07) is 22.4. The Kier molecular flexibility index (Phi) is 5.96. The van der Waals surface area contributed by atoms with Crippen LogP contribution in [0.3, 0.4) is 0 Å². The predicted molar refractivity (Wildman–Crippen MR) is 167 cm³/mol. The molecule has 5 aromatic rings. The van der Waals surface area contributed by atoms with Crippen molar-refractivity contribution in [3.63, 3.8) is 0 Å². The number of amides is 1. The normalized spacial score (nSPS) is 20.8. The number of thiophene rings is 1. The van der Waals surface area contributed by atoms with Gasteiger partial charge < -0.3 is 19.1 Å². The molecule has 1 saturated heterocycles. The van der Waals surface area contributed by atoms with Crippen molar-refractivity contribution in [2.45, 2.75) is 18.5 Å². The van der Waals surface area contributed by atoms with Crippen molar-refractivity contribution in [2.75, 3.05) is 24.8 Å². The molecule has 4 aliphatic rings. The molecule has 11 heteroatoms. The molecule has 2 aromatic heterocycles. The summed E-state index contributed by atoms with van der Waals surface area (Å²) in [4.78, 5) is 43.2. The van der Waals surface area contributed by atoms with Crippen LogP contribution < -0.4 is 15.2 Å². The van der Waals surface area contributed by atoms with E-state index in [1.165, 1.54) is 12.1 Å². The zero-order valence-electron chi connectivity index (χ0n) is 24.1. The van der Waals surface area contributed by atoms with E-state index in [9.17, 15) is 18.8 Å².